The van der Waals surface area contributed by atoms with E-state index in [-0.39, 0.29) is 0 Å². The average molecular weight is 397 g/mol. The van der Waals surface area contributed by atoms with E-state index in [1.807, 2.05) is 18.2 Å². The van der Waals surface area contributed by atoms with Gasteiger partial charge in [-0.3, -0.25) is 0 Å². The van der Waals surface area contributed by atoms with E-state index in [1.165, 1.54) is 16.8 Å². The maximum Gasteiger partial charge on any atom is 0.191 e. The molecule has 1 heterocycles. The number of guanidine groups is 1. The van der Waals surface area contributed by atoms with Crippen LogP contribution < -0.4 is 20.3 Å². The van der Waals surface area contributed by atoms with Crippen LogP contribution in [0.15, 0.2) is 53.5 Å². The SMILES string of the molecule is CCNC(=NCc1ccc(N2CCOCC2)cc1)NCCc1ccccc1OC. The predicted octanol–water partition coefficient (Wildman–Crippen LogP) is 2.83. The molecule has 6 heteroatoms. The van der Waals surface area contributed by atoms with E-state index >= 15 is 0 Å². The van der Waals surface area contributed by atoms with Gasteiger partial charge in [0.1, 0.15) is 5.75 Å². The standard InChI is InChI=1S/C23H32N4O2/c1-3-24-23(25-13-12-20-6-4-5-7-22(20)28-2)26-18-19-8-10-21(11-9-19)27-14-16-29-17-15-27/h4-11H,3,12-18H2,1-2H3,(H2,24,25,26). The van der Waals surface area contributed by atoms with Crippen LogP contribution in [0, 0.1) is 0 Å². The largest absolute Gasteiger partial charge is 0.496 e. The van der Waals surface area contributed by atoms with Crippen molar-refractivity contribution in [2.24, 2.45) is 4.99 Å². The Bertz CT molecular complexity index is 771. The Morgan fingerprint density at radius 2 is 1.83 bits per heavy atom. The molecule has 156 valence electrons. The molecule has 0 radical (unpaired) electrons. The number of ether oxygens (including phenoxy) is 2. The minimum Gasteiger partial charge on any atom is -0.496 e. The van der Waals surface area contributed by atoms with Crippen molar-refractivity contribution in [1.29, 1.82) is 0 Å². The molecule has 6 nitrogen and oxygen atoms in total. The van der Waals surface area contributed by atoms with Crippen LogP contribution in [0.3, 0.4) is 0 Å². The first-order valence-corrected chi connectivity index (χ1v) is 10.4. The number of nitrogens with zero attached hydrogens (tertiary/aromatic N) is 2. The second-order valence-corrected chi connectivity index (χ2v) is 6.95. The molecule has 2 aromatic rings. The fraction of sp³-hybridized carbons (Fsp3) is 0.435. The van der Waals surface area contributed by atoms with Crippen molar-refractivity contribution < 1.29 is 9.47 Å². The summed E-state index contributed by atoms with van der Waals surface area (Å²) in [7, 11) is 1.71. The van der Waals surface area contributed by atoms with E-state index in [0.29, 0.717) is 6.54 Å². The first kappa shape index (κ1) is 21.0. The molecule has 0 aliphatic carbocycles. The van der Waals surface area contributed by atoms with Crippen molar-refractivity contribution in [2.75, 3.05) is 51.4 Å². The highest BCUT2D eigenvalue weighted by molar-refractivity contribution is 5.79. The highest BCUT2D eigenvalue weighted by atomic mass is 16.5. The van der Waals surface area contributed by atoms with Gasteiger partial charge in [-0.05, 0) is 42.7 Å². The van der Waals surface area contributed by atoms with E-state index < -0.39 is 0 Å². The summed E-state index contributed by atoms with van der Waals surface area (Å²) in [4.78, 5) is 7.09. The van der Waals surface area contributed by atoms with Gasteiger partial charge in [-0.15, -0.1) is 0 Å². The Balaban J connectivity index is 1.53. The third-order valence-corrected chi connectivity index (χ3v) is 4.96. The summed E-state index contributed by atoms with van der Waals surface area (Å²) in [5, 5.41) is 6.73. The molecule has 0 unspecified atom stereocenters. The number of hydrogen-bond acceptors (Lipinski definition) is 4. The number of nitrogens with one attached hydrogen (secondary N) is 2. The minimum atomic E-state index is 0.646. The first-order chi connectivity index (χ1) is 14.3. The number of hydrogen-bond donors (Lipinski definition) is 2. The van der Waals surface area contributed by atoms with E-state index in [0.717, 1.165) is 57.5 Å². The molecule has 0 spiro atoms. The quantitative estimate of drug-likeness (QED) is 0.531. The molecule has 2 aromatic carbocycles. The number of rotatable bonds is 8. The topological polar surface area (TPSA) is 58.1 Å². The van der Waals surface area contributed by atoms with Gasteiger partial charge in [0.15, 0.2) is 5.96 Å². The zero-order valence-electron chi connectivity index (χ0n) is 17.5. The number of anilines is 1. The summed E-state index contributed by atoms with van der Waals surface area (Å²) < 4.78 is 10.9. The zero-order valence-corrected chi connectivity index (χ0v) is 17.5. The maximum absolute atomic E-state index is 5.43. The fourth-order valence-electron chi connectivity index (χ4n) is 3.37. The van der Waals surface area contributed by atoms with Crippen LogP contribution in [0.25, 0.3) is 0 Å². The van der Waals surface area contributed by atoms with Crippen LogP contribution in [0.4, 0.5) is 5.69 Å². The highest BCUT2D eigenvalue weighted by Crippen LogP contribution is 2.18. The molecule has 0 atom stereocenters. The van der Waals surface area contributed by atoms with Crippen LogP contribution in [-0.4, -0.2) is 52.5 Å². The molecule has 0 saturated carbocycles. The van der Waals surface area contributed by atoms with Crippen molar-refractivity contribution in [3.8, 4) is 5.75 Å². The number of methoxy groups -OCH3 is 1. The Morgan fingerprint density at radius 3 is 2.55 bits per heavy atom. The summed E-state index contributed by atoms with van der Waals surface area (Å²) in [5.41, 5.74) is 3.64. The second-order valence-electron chi connectivity index (χ2n) is 6.95. The molecule has 1 aliphatic rings. The van der Waals surface area contributed by atoms with Gasteiger partial charge in [-0.2, -0.15) is 0 Å². The lowest BCUT2D eigenvalue weighted by molar-refractivity contribution is 0.122. The van der Waals surface area contributed by atoms with Gasteiger partial charge < -0.3 is 25.0 Å². The van der Waals surface area contributed by atoms with Crippen molar-refractivity contribution in [3.63, 3.8) is 0 Å². The lowest BCUT2D eigenvalue weighted by Gasteiger charge is -2.28. The Kier molecular flexibility index (Phi) is 8.19. The molecule has 1 aliphatic heterocycles. The molecule has 0 aromatic heterocycles. The summed E-state index contributed by atoms with van der Waals surface area (Å²) >= 11 is 0. The summed E-state index contributed by atoms with van der Waals surface area (Å²) in [6, 6.07) is 16.8. The van der Waals surface area contributed by atoms with Crippen molar-refractivity contribution in [1.82, 2.24) is 10.6 Å². The zero-order chi connectivity index (χ0) is 20.3. The third-order valence-electron chi connectivity index (χ3n) is 4.96. The minimum absolute atomic E-state index is 0.646. The molecule has 0 bridgehead atoms. The smallest absolute Gasteiger partial charge is 0.191 e. The average Bonchev–Trinajstić information content (AvgIpc) is 2.78. The van der Waals surface area contributed by atoms with E-state index in [2.05, 4.69) is 52.8 Å². The summed E-state index contributed by atoms with van der Waals surface area (Å²) in [6.07, 6.45) is 0.878. The van der Waals surface area contributed by atoms with Crippen LogP contribution in [0.1, 0.15) is 18.1 Å². The first-order valence-electron chi connectivity index (χ1n) is 10.4. The second kappa shape index (κ2) is 11.3. The van der Waals surface area contributed by atoms with E-state index in [4.69, 9.17) is 14.5 Å². The molecule has 1 fully saturated rings. The number of morpholine rings is 1. The van der Waals surface area contributed by atoms with Gasteiger partial charge in [0.2, 0.25) is 0 Å². The van der Waals surface area contributed by atoms with Gasteiger partial charge in [-0.25, -0.2) is 4.99 Å². The Morgan fingerprint density at radius 1 is 1.07 bits per heavy atom. The van der Waals surface area contributed by atoms with E-state index in [9.17, 15) is 0 Å². The van der Waals surface area contributed by atoms with E-state index in [1.54, 1.807) is 7.11 Å². The molecule has 1 saturated heterocycles. The van der Waals surface area contributed by atoms with Crippen molar-refractivity contribution in [3.05, 3.63) is 59.7 Å². The van der Waals surface area contributed by atoms with Gasteiger partial charge in [0, 0.05) is 31.9 Å². The third kappa shape index (κ3) is 6.39. The predicted molar refractivity (Wildman–Crippen MR) is 119 cm³/mol. The molecule has 0 amide bonds. The van der Waals surface area contributed by atoms with Crippen LogP contribution in [0.2, 0.25) is 0 Å². The van der Waals surface area contributed by atoms with Gasteiger partial charge in [0.05, 0.1) is 26.9 Å². The molecular formula is C23H32N4O2. The normalized spacial score (nSPS) is 14.6. The van der Waals surface area contributed by atoms with Gasteiger partial charge in [0.25, 0.3) is 0 Å². The Labute approximate surface area is 173 Å². The molecule has 29 heavy (non-hydrogen) atoms. The monoisotopic (exact) mass is 396 g/mol. The lowest BCUT2D eigenvalue weighted by atomic mass is 10.1. The van der Waals surface area contributed by atoms with Crippen LogP contribution in [-0.2, 0) is 17.7 Å². The van der Waals surface area contributed by atoms with Crippen LogP contribution in [0.5, 0.6) is 5.75 Å². The summed E-state index contributed by atoms with van der Waals surface area (Å²) in [5.74, 6) is 1.76. The Hall–Kier alpha value is -2.73. The molecular weight excluding hydrogens is 364 g/mol. The maximum atomic E-state index is 5.43. The number of benzene rings is 2. The number of aliphatic imine (C=N–C) groups is 1. The van der Waals surface area contributed by atoms with Gasteiger partial charge in [-0.1, -0.05) is 30.3 Å². The lowest BCUT2D eigenvalue weighted by Crippen LogP contribution is -2.38. The van der Waals surface area contributed by atoms with Gasteiger partial charge >= 0.3 is 0 Å². The highest BCUT2D eigenvalue weighted by Gasteiger charge is 2.10. The van der Waals surface area contributed by atoms with Crippen LogP contribution >= 0.6 is 0 Å². The summed E-state index contributed by atoms with van der Waals surface area (Å²) in [6.45, 7) is 7.87. The van der Waals surface area contributed by atoms with Crippen molar-refractivity contribution >= 4 is 11.6 Å². The fourth-order valence-corrected chi connectivity index (χ4v) is 3.37. The van der Waals surface area contributed by atoms with Crippen molar-refractivity contribution in [2.45, 2.75) is 19.9 Å². The molecule has 3 rings (SSSR count). The number of para-hydroxylation sites is 1. The molecule has 2 N–H and O–H groups in total.